The van der Waals surface area contributed by atoms with Gasteiger partial charge in [-0.1, -0.05) is 35.3 Å². The summed E-state index contributed by atoms with van der Waals surface area (Å²) in [5, 5.41) is 0. The van der Waals surface area contributed by atoms with Crippen molar-refractivity contribution in [3.63, 3.8) is 0 Å². The number of methoxy groups -OCH3 is 6. The van der Waals surface area contributed by atoms with E-state index in [0.29, 0.717) is 34.5 Å². The minimum absolute atomic E-state index is 0.672. The Kier molecular flexibility index (Phi) is 7.31. The molecule has 0 aliphatic carbocycles. The molecule has 1 aliphatic heterocycles. The summed E-state index contributed by atoms with van der Waals surface area (Å²) in [6.45, 7) is 0. The Morgan fingerprint density at radius 2 is 0.485 bits per heavy atom. The Morgan fingerprint density at radius 3 is 0.606 bits per heavy atom. The van der Waals surface area contributed by atoms with Gasteiger partial charge in [-0.25, -0.2) is 0 Å². The number of hydrogen-bond donors (Lipinski definition) is 0. The molecule has 0 unspecified atom stereocenters. The van der Waals surface area contributed by atoms with Crippen LogP contribution in [0.3, 0.4) is 0 Å². The van der Waals surface area contributed by atoms with Crippen LogP contribution in [0.1, 0.15) is 0 Å². The van der Waals surface area contributed by atoms with Crippen LogP contribution < -0.4 is 28.4 Å². The normalized spacial score (nSPS) is 12.2. The molecule has 1 heterocycles. The van der Waals surface area contributed by atoms with E-state index >= 15 is 0 Å². The van der Waals surface area contributed by atoms with Gasteiger partial charge in [0.05, 0.1) is 42.7 Å². The van der Waals surface area contributed by atoms with Crippen molar-refractivity contribution in [1.82, 2.24) is 0 Å². The van der Waals surface area contributed by atoms with Crippen LogP contribution in [0.5, 0.6) is 34.5 Å². The van der Waals surface area contributed by atoms with Gasteiger partial charge in [0.1, 0.15) is 0 Å². The molecule has 0 saturated heterocycles. The van der Waals surface area contributed by atoms with E-state index in [2.05, 4.69) is 0 Å². The highest BCUT2D eigenvalue weighted by Gasteiger charge is 2.23. The molecule has 0 spiro atoms. The first-order valence-corrected chi connectivity index (χ1v) is 12.3. The number of fused-ring (bicyclic) bond motifs is 3. The second-order valence-electron chi connectivity index (χ2n) is 6.77. The lowest BCUT2D eigenvalue weighted by atomic mass is 10.3. The number of rotatable bonds is 6. The maximum Gasteiger partial charge on any atom is 0.161 e. The topological polar surface area (TPSA) is 55.4 Å². The molecule has 0 aromatic heterocycles. The third kappa shape index (κ3) is 4.62. The van der Waals surface area contributed by atoms with Crippen LogP contribution in [0.15, 0.2) is 65.8 Å². The van der Waals surface area contributed by atoms with Crippen molar-refractivity contribution in [3.05, 3.63) is 36.4 Å². The van der Waals surface area contributed by atoms with E-state index in [1.807, 2.05) is 36.4 Å². The van der Waals surface area contributed by atoms with Gasteiger partial charge in [0.2, 0.25) is 0 Å². The van der Waals surface area contributed by atoms with E-state index in [0.717, 1.165) is 29.4 Å². The van der Waals surface area contributed by atoms with Crippen molar-refractivity contribution in [1.29, 1.82) is 0 Å². The highest BCUT2D eigenvalue weighted by atomic mass is 32.2. The molecule has 4 rings (SSSR count). The Morgan fingerprint density at radius 1 is 0.333 bits per heavy atom. The minimum atomic E-state index is 0.672. The summed E-state index contributed by atoms with van der Waals surface area (Å²) in [4.78, 5) is 6.22. The second-order valence-corrected chi connectivity index (χ2v) is 10.0. The molecule has 6 nitrogen and oxygen atoms in total. The number of ether oxygens (including phenoxy) is 6. The molecule has 9 heteroatoms. The lowest BCUT2D eigenvalue weighted by molar-refractivity contribution is 0.352. The van der Waals surface area contributed by atoms with Gasteiger partial charge in [-0.2, -0.15) is 0 Å². The summed E-state index contributed by atoms with van der Waals surface area (Å²) in [6.07, 6.45) is 0. The lowest BCUT2D eigenvalue weighted by Crippen LogP contribution is -1.93. The van der Waals surface area contributed by atoms with Crippen LogP contribution in [0.4, 0.5) is 0 Å². The quantitative estimate of drug-likeness (QED) is 0.293. The number of benzene rings is 3. The molecule has 0 amide bonds. The third-order valence-corrected chi connectivity index (χ3v) is 8.74. The summed E-state index contributed by atoms with van der Waals surface area (Å²) in [5.41, 5.74) is 0. The molecule has 3 aromatic rings. The molecule has 0 atom stereocenters. The van der Waals surface area contributed by atoms with Crippen LogP contribution in [0.2, 0.25) is 0 Å². The fraction of sp³-hybridized carbons (Fsp3) is 0.250. The lowest BCUT2D eigenvalue weighted by Gasteiger charge is -2.15. The smallest absolute Gasteiger partial charge is 0.161 e. The molecule has 174 valence electrons. The van der Waals surface area contributed by atoms with Crippen molar-refractivity contribution >= 4 is 35.3 Å². The van der Waals surface area contributed by atoms with Gasteiger partial charge in [-0.15, -0.1) is 0 Å². The van der Waals surface area contributed by atoms with Gasteiger partial charge < -0.3 is 28.4 Å². The van der Waals surface area contributed by atoms with E-state index < -0.39 is 0 Å². The van der Waals surface area contributed by atoms with Crippen LogP contribution in [0, 0.1) is 0 Å². The van der Waals surface area contributed by atoms with Crippen LogP contribution in [-0.4, -0.2) is 42.7 Å². The summed E-state index contributed by atoms with van der Waals surface area (Å²) in [5.74, 6) is 4.03. The van der Waals surface area contributed by atoms with Crippen LogP contribution in [-0.2, 0) is 0 Å². The molecule has 0 saturated carbocycles. The van der Waals surface area contributed by atoms with Crippen molar-refractivity contribution in [2.45, 2.75) is 29.4 Å². The SMILES string of the molecule is COc1cc2c(cc1OC)Sc1cc(OC)c(OC)cc1Sc1cc(OC)c(OC)cc1S2. The van der Waals surface area contributed by atoms with Gasteiger partial charge >= 0.3 is 0 Å². The Bertz CT molecular complexity index is 948. The summed E-state index contributed by atoms with van der Waals surface area (Å²) >= 11 is 4.93. The predicted octanol–water partition coefficient (Wildman–Crippen LogP) is 6.51. The molecule has 1 aliphatic rings. The molecule has 0 N–H and O–H groups in total. The Labute approximate surface area is 206 Å². The van der Waals surface area contributed by atoms with Gasteiger partial charge in [-0.3, -0.25) is 0 Å². The highest BCUT2D eigenvalue weighted by Crippen LogP contribution is 2.54. The van der Waals surface area contributed by atoms with E-state index in [4.69, 9.17) is 28.4 Å². The van der Waals surface area contributed by atoms with E-state index in [1.165, 1.54) is 0 Å². The summed E-state index contributed by atoms with van der Waals surface area (Å²) in [7, 11) is 9.84. The molecular weight excluding hydrogens is 480 g/mol. The highest BCUT2D eigenvalue weighted by molar-refractivity contribution is 8.05. The molecule has 0 bridgehead atoms. The van der Waals surface area contributed by atoms with Crippen LogP contribution in [0.25, 0.3) is 0 Å². The maximum atomic E-state index is 5.58. The average molecular weight is 505 g/mol. The monoisotopic (exact) mass is 504 g/mol. The molecule has 0 radical (unpaired) electrons. The molecule has 33 heavy (non-hydrogen) atoms. The minimum Gasteiger partial charge on any atom is -0.493 e. The first-order chi connectivity index (χ1) is 16.0. The first kappa shape index (κ1) is 23.7. The molecule has 0 fully saturated rings. The van der Waals surface area contributed by atoms with E-state index in [-0.39, 0.29) is 0 Å². The van der Waals surface area contributed by atoms with Crippen molar-refractivity contribution in [2.75, 3.05) is 42.7 Å². The van der Waals surface area contributed by atoms with Gasteiger partial charge in [-0.05, 0) is 36.4 Å². The second kappa shape index (κ2) is 10.2. The van der Waals surface area contributed by atoms with E-state index in [9.17, 15) is 0 Å². The van der Waals surface area contributed by atoms with Crippen molar-refractivity contribution < 1.29 is 28.4 Å². The first-order valence-electron chi connectivity index (χ1n) is 9.86. The average Bonchev–Trinajstić information content (AvgIpc) is 2.90. The third-order valence-electron chi connectivity index (χ3n) is 5.01. The van der Waals surface area contributed by atoms with Crippen LogP contribution >= 0.6 is 35.3 Å². The summed E-state index contributed by atoms with van der Waals surface area (Å²) < 4.78 is 33.5. The van der Waals surface area contributed by atoms with E-state index in [1.54, 1.807) is 77.9 Å². The zero-order valence-electron chi connectivity index (χ0n) is 19.1. The largest absolute Gasteiger partial charge is 0.493 e. The van der Waals surface area contributed by atoms with Gasteiger partial charge in [0.25, 0.3) is 0 Å². The Balaban J connectivity index is 1.99. The molecular formula is C24H24O6S3. The molecule has 3 aromatic carbocycles. The van der Waals surface area contributed by atoms with Crippen molar-refractivity contribution in [3.8, 4) is 34.5 Å². The van der Waals surface area contributed by atoms with Gasteiger partial charge in [0, 0.05) is 29.4 Å². The fourth-order valence-electron chi connectivity index (χ4n) is 3.36. The summed E-state index contributed by atoms with van der Waals surface area (Å²) in [6, 6.07) is 12.0. The maximum absolute atomic E-state index is 5.58. The van der Waals surface area contributed by atoms with Gasteiger partial charge in [0.15, 0.2) is 34.5 Å². The fourth-order valence-corrected chi connectivity index (χ4v) is 6.77. The zero-order valence-corrected chi connectivity index (χ0v) is 21.6. The number of hydrogen-bond acceptors (Lipinski definition) is 9. The standard InChI is InChI=1S/C24H24O6S3/c1-25-13-7-19-20(8-14(13)26-2)32-23-11-17(29-5)18(30-6)12-24(23)33-22-10-16(28-4)15(27-3)9-21(22)31-19/h7-12H,1-6H3. The predicted molar refractivity (Wildman–Crippen MR) is 131 cm³/mol. The van der Waals surface area contributed by atoms with Crippen molar-refractivity contribution in [2.24, 2.45) is 0 Å². The Hall–Kier alpha value is -2.49. The zero-order chi connectivity index (χ0) is 23.5.